The second-order valence-electron chi connectivity index (χ2n) is 4.39. The zero-order chi connectivity index (χ0) is 14.4. The van der Waals surface area contributed by atoms with Gasteiger partial charge in [0.05, 0.1) is 12.9 Å². The minimum atomic E-state index is 0.625. The lowest BCUT2D eigenvalue weighted by molar-refractivity contribution is 0.275. The fraction of sp³-hybridized carbons (Fsp3) is 0.176. The first kappa shape index (κ1) is 15.1. The second kappa shape index (κ2) is 7.51. The molecular weight excluding hydrogens is 336 g/mol. The van der Waals surface area contributed by atoms with Gasteiger partial charge in [-0.15, -0.1) is 0 Å². The molecule has 0 bridgehead atoms. The van der Waals surface area contributed by atoms with Gasteiger partial charge in [0.25, 0.3) is 0 Å². The van der Waals surface area contributed by atoms with E-state index in [2.05, 4.69) is 35.0 Å². The van der Waals surface area contributed by atoms with Crippen molar-refractivity contribution in [1.29, 1.82) is 0 Å². The summed E-state index contributed by atoms with van der Waals surface area (Å²) in [5, 5.41) is 1.53. The van der Waals surface area contributed by atoms with Crippen molar-refractivity contribution in [3.05, 3.63) is 76.5 Å². The van der Waals surface area contributed by atoms with Gasteiger partial charge < -0.3 is 4.74 Å². The number of halogens is 2. The Balaban J connectivity index is 2.49. The van der Waals surface area contributed by atoms with Gasteiger partial charge in [0.2, 0.25) is 0 Å². The normalized spacial score (nSPS) is 11.4. The standard InChI is InChI=1S/C17H16BrClO/c1-13-6-2-3-7-14(13)16(12-20-11-10-18)15-8-4-5-9-17(15)19/h2-9,12H,10-11H2,1H3/b16-12-. The van der Waals surface area contributed by atoms with E-state index in [1.54, 1.807) is 6.26 Å². The molecule has 104 valence electrons. The molecule has 0 fully saturated rings. The highest BCUT2D eigenvalue weighted by Gasteiger charge is 2.11. The van der Waals surface area contributed by atoms with Crippen molar-refractivity contribution in [1.82, 2.24) is 0 Å². The van der Waals surface area contributed by atoms with E-state index in [0.717, 1.165) is 27.1 Å². The van der Waals surface area contributed by atoms with Crippen LogP contribution in [-0.4, -0.2) is 11.9 Å². The van der Waals surface area contributed by atoms with Crippen LogP contribution in [0.15, 0.2) is 54.8 Å². The van der Waals surface area contributed by atoms with Crippen LogP contribution in [0.25, 0.3) is 5.57 Å². The maximum Gasteiger partial charge on any atom is 0.0970 e. The molecular formula is C17H16BrClO. The summed E-state index contributed by atoms with van der Waals surface area (Å²) in [7, 11) is 0. The van der Waals surface area contributed by atoms with Gasteiger partial charge in [-0.05, 0) is 24.1 Å². The summed E-state index contributed by atoms with van der Waals surface area (Å²) < 4.78 is 5.60. The molecule has 0 saturated carbocycles. The Morgan fingerprint density at radius 3 is 2.40 bits per heavy atom. The molecule has 0 unspecified atom stereocenters. The summed E-state index contributed by atoms with van der Waals surface area (Å²) in [5.41, 5.74) is 4.32. The van der Waals surface area contributed by atoms with E-state index in [-0.39, 0.29) is 0 Å². The quantitative estimate of drug-likeness (QED) is 0.395. The molecule has 0 radical (unpaired) electrons. The number of hydrogen-bond acceptors (Lipinski definition) is 1. The van der Waals surface area contributed by atoms with Crippen molar-refractivity contribution in [2.24, 2.45) is 0 Å². The lowest BCUT2D eigenvalue weighted by Crippen LogP contribution is -1.95. The predicted molar refractivity (Wildman–Crippen MR) is 89.5 cm³/mol. The SMILES string of the molecule is Cc1ccccc1/C(=C/OCCBr)c1ccccc1Cl. The zero-order valence-corrected chi connectivity index (χ0v) is 13.6. The fourth-order valence-corrected chi connectivity index (χ4v) is 2.44. The smallest absolute Gasteiger partial charge is 0.0970 e. The highest BCUT2D eigenvalue weighted by atomic mass is 79.9. The van der Waals surface area contributed by atoms with Crippen molar-refractivity contribution in [3.63, 3.8) is 0 Å². The lowest BCUT2D eigenvalue weighted by atomic mass is 9.95. The van der Waals surface area contributed by atoms with Crippen LogP contribution in [0.2, 0.25) is 5.02 Å². The number of alkyl halides is 1. The van der Waals surface area contributed by atoms with E-state index in [0.29, 0.717) is 6.61 Å². The van der Waals surface area contributed by atoms with E-state index in [4.69, 9.17) is 16.3 Å². The van der Waals surface area contributed by atoms with Gasteiger partial charge in [-0.3, -0.25) is 0 Å². The van der Waals surface area contributed by atoms with Crippen LogP contribution in [0, 0.1) is 6.92 Å². The summed E-state index contributed by atoms with van der Waals surface area (Å²) >= 11 is 9.69. The zero-order valence-electron chi connectivity index (χ0n) is 11.3. The molecule has 0 N–H and O–H groups in total. The highest BCUT2D eigenvalue weighted by Crippen LogP contribution is 2.31. The first-order chi connectivity index (χ1) is 9.74. The molecule has 0 atom stereocenters. The predicted octanol–water partition coefficient (Wildman–Crippen LogP) is 5.45. The van der Waals surface area contributed by atoms with E-state index in [1.165, 1.54) is 5.56 Å². The van der Waals surface area contributed by atoms with Crippen molar-refractivity contribution in [3.8, 4) is 0 Å². The minimum absolute atomic E-state index is 0.625. The van der Waals surface area contributed by atoms with Crippen molar-refractivity contribution in [2.45, 2.75) is 6.92 Å². The molecule has 2 rings (SSSR count). The summed E-state index contributed by atoms with van der Waals surface area (Å²) in [6.45, 7) is 2.71. The van der Waals surface area contributed by atoms with E-state index in [1.807, 2.05) is 36.4 Å². The molecule has 0 spiro atoms. The van der Waals surface area contributed by atoms with E-state index < -0.39 is 0 Å². The van der Waals surface area contributed by atoms with Gasteiger partial charge in [-0.1, -0.05) is 70.0 Å². The van der Waals surface area contributed by atoms with Gasteiger partial charge in [-0.25, -0.2) is 0 Å². The van der Waals surface area contributed by atoms with Crippen molar-refractivity contribution >= 4 is 33.1 Å². The third-order valence-electron chi connectivity index (χ3n) is 3.00. The Bertz CT molecular complexity index is 560. The number of aryl methyl sites for hydroxylation is 1. The Hall–Kier alpha value is -1.25. The van der Waals surface area contributed by atoms with Crippen LogP contribution in [0.5, 0.6) is 0 Å². The Labute approximate surface area is 133 Å². The number of rotatable bonds is 5. The van der Waals surface area contributed by atoms with Gasteiger partial charge in [0.15, 0.2) is 0 Å². The fourth-order valence-electron chi connectivity index (χ4n) is 2.01. The number of ether oxygens (including phenoxy) is 1. The topological polar surface area (TPSA) is 9.23 Å². The average Bonchev–Trinajstić information content (AvgIpc) is 2.46. The number of benzene rings is 2. The van der Waals surface area contributed by atoms with Gasteiger partial charge in [-0.2, -0.15) is 0 Å². The lowest BCUT2D eigenvalue weighted by Gasteiger charge is -2.13. The van der Waals surface area contributed by atoms with Gasteiger partial charge in [0.1, 0.15) is 0 Å². The average molecular weight is 352 g/mol. The van der Waals surface area contributed by atoms with E-state index in [9.17, 15) is 0 Å². The largest absolute Gasteiger partial charge is 0.500 e. The monoisotopic (exact) mass is 350 g/mol. The summed E-state index contributed by atoms with van der Waals surface area (Å²) in [5.74, 6) is 0. The third-order valence-corrected chi connectivity index (χ3v) is 3.65. The third kappa shape index (κ3) is 3.65. The van der Waals surface area contributed by atoms with Crippen LogP contribution >= 0.6 is 27.5 Å². The number of hydrogen-bond donors (Lipinski definition) is 0. The highest BCUT2D eigenvalue weighted by molar-refractivity contribution is 9.09. The minimum Gasteiger partial charge on any atom is -0.500 e. The molecule has 20 heavy (non-hydrogen) atoms. The van der Waals surface area contributed by atoms with Crippen LogP contribution < -0.4 is 0 Å². The molecule has 0 aromatic heterocycles. The molecule has 0 aliphatic rings. The first-order valence-corrected chi connectivity index (χ1v) is 7.92. The molecule has 2 aromatic carbocycles. The van der Waals surface area contributed by atoms with Crippen LogP contribution in [0.1, 0.15) is 16.7 Å². The van der Waals surface area contributed by atoms with E-state index >= 15 is 0 Å². The maximum absolute atomic E-state index is 6.33. The molecule has 2 aromatic rings. The second-order valence-corrected chi connectivity index (χ2v) is 5.59. The molecule has 1 nitrogen and oxygen atoms in total. The molecule has 0 aliphatic heterocycles. The summed E-state index contributed by atoms with van der Waals surface area (Å²) in [6.07, 6.45) is 1.80. The Morgan fingerprint density at radius 2 is 1.75 bits per heavy atom. The molecule has 0 amide bonds. The Morgan fingerprint density at radius 1 is 1.10 bits per heavy atom. The van der Waals surface area contributed by atoms with Crippen LogP contribution in [-0.2, 0) is 4.74 Å². The van der Waals surface area contributed by atoms with Crippen molar-refractivity contribution < 1.29 is 4.74 Å². The molecule has 0 saturated heterocycles. The maximum atomic E-state index is 6.33. The first-order valence-electron chi connectivity index (χ1n) is 6.42. The Kier molecular flexibility index (Phi) is 5.69. The molecule has 3 heteroatoms. The van der Waals surface area contributed by atoms with Gasteiger partial charge >= 0.3 is 0 Å². The summed E-state index contributed by atoms with van der Waals surface area (Å²) in [4.78, 5) is 0. The summed E-state index contributed by atoms with van der Waals surface area (Å²) in [6, 6.07) is 16.1. The van der Waals surface area contributed by atoms with Gasteiger partial charge in [0, 0.05) is 21.5 Å². The molecule has 0 aliphatic carbocycles. The molecule has 0 heterocycles. The van der Waals surface area contributed by atoms with Crippen LogP contribution in [0.4, 0.5) is 0 Å². The van der Waals surface area contributed by atoms with Crippen molar-refractivity contribution in [2.75, 3.05) is 11.9 Å². The van der Waals surface area contributed by atoms with Crippen LogP contribution in [0.3, 0.4) is 0 Å².